The number of benzene rings is 1. The molecule has 1 aromatic carbocycles. The first-order chi connectivity index (χ1) is 8.63. The van der Waals surface area contributed by atoms with Crippen LogP contribution in [0.25, 0.3) is 0 Å². The van der Waals surface area contributed by atoms with Gasteiger partial charge in [0.05, 0.1) is 13.3 Å². The van der Waals surface area contributed by atoms with E-state index in [1.54, 1.807) is 24.4 Å². The minimum Gasteiger partial charge on any atom is -0.496 e. The van der Waals surface area contributed by atoms with E-state index in [-0.39, 0.29) is 5.91 Å². The van der Waals surface area contributed by atoms with Gasteiger partial charge < -0.3 is 15.8 Å². The number of amides is 1. The number of nitrogens with zero attached hydrogens (tertiary/aromatic N) is 1. The summed E-state index contributed by atoms with van der Waals surface area (Å²) in [6.45, 7) is 1.84. The van der Waals surface area contributed by atoms with Crippen molar-refractivity contribution >= 4 is 17.4 Å². The van der Waals surface area contributed by atoms with Gasteiger partial charge in [-0.25, -0.2) is 0 Å². The molecule has 18 heavy (non-hydrogen) atoms. The summed E-state index contributed by atoms with van der Waals surface area (Å²) in [7, 11) is 1.49. The van der Waals surface area contributed by atoms with Gasteiger partial charge in [0.15, 0.2) is 0 Å². The highest BCUT2D eigenvalue weighted by Gasteiger charge is 2.16. The third-order valence-corrected chi connectivity index (χ3v) is 2.57. The Morgan fingerprint density at radius 2 is 2.28 bits per heavy atom. The van der Waals surface area contributed by atoms with Crippen LogP contribution in [0.15, 0.2) is 24.4 Å². The molecule has 6 nitrogen and oxygen atoms in total. The molecule has 0 spiro atoms. The number of aromatic amines is 1. The predicted molar refractivity (Wildman–Crippen MR) is 68.7 cm³/mol. The maximum absolute atomic E-state index is 12.1. The summed E-state index contributed by atoms with van der Waals surface area (Å²) < 4.78 is 5.13. The molecule has 2 rings (SSSR count). The molecule has 94 valence electrons. The molecule has 1 aromatic heterocycles. The van der Waals surface area contributed by atoms with Crippen LogP contribution in [-0.4, -0.2) is 23.2 Å². The van der Waals surface area contributed by atoms with Gasteiger partial charge in [0.25, 0.3) is 5.91 Å². The summed E-state index contributed by atoms with van der Waals surface area (Å²) in [6, 6.07) is 5.06. The highest BCUT2D eigenvalue weighted by atomic mass is 16.5. The fraction of sp³-hybridized carbons (Fsp3) is 0.167. The summed E-state index contributed by atoms with van der Waals surface area (Å²) in [6.07, 6.45) is 1.63. The van der Waals surface area contributed by atoms with Gasteiger partial charge in [-0.2, -0.15) is 5.10 Å². The standard InChI is InChI=1S/C12H14N4O2/c1-7-6-14-16-11(7)15-12(17)10-8(13)4-3-5-9(10)18-2/h3-6H,13H2,1-2H3,(H2,14,15,16,17). The summed E-state index contributed by atoms with van der Waals surface area (Å²) in [5, 5.41) is 9.24. The number of aromatic nitrogens is 2. The number of rotatable bonds is 3. The van der Waals surface area contributed by atoms with E-state index in [2.05, 4.69) is 15.5 Å². The highest BCUT2D eigenvalue weighted by Crippen LogP contribution is 2.25. The van der Waals surface area contributed by atoms with Crippen molar-refractivity contribution in [3.63, 3.8) is 0 Å². The molecule has 2 aromatic rings. The number of methoxy groups -OCH3 is 1. The zero-order valence-electron chi connectivity index (χ0n) is 10.2. The Bertz CT molecular complexity index is 577. The number of anilines is 2. The van der Waals surface area contributed by atoms with Gasteiger partial charge in [-0.1, -0.05) is 6.07 Å². The molecule has 4 N–H and O–H groups in total. The monoisotopic (exact) mass is 246 g/mol. The molecule has 1 amide bonds. The molecular weight excluding hydrogens is 232 g/mol. The zero-order valence-corrected chi connectivity index (χ0v) is 10.2. The van der Waals surface area contributed by atoms with E-state index < -0.39 is 0 Å². The Morgan fingerprint density at radius 1 is 1.50 bits per heavy atom. The van der Waals surface area contributed by atoms with E-state index in [0.29, 0.717) is 22.8 Å². The number of carbonyl (C=O) groups excluding carboxylic acids is 1. The zero-order chi connectivity index (χ0) is 13.1. The van der Waals surface area contributed by atoms with Crippen molar-refractivity contribution in [2.24, 2.45) is 0 Å². The van der Waals surface area contributed by atoms with Gasteiger partial charge in [-0.3, -0.25) is 9.89 Å². The number of carbonyl (C=O) groups is 1. The topological polar surface area (TPSA) is 93.0 Å². The minimum atomic E-state index is -0.336. The SMILES string of the molecule is COc1cccc(N)c1C(=O)Nc1[nH]ncc1C. The minimum absolute atomic E-state index is 0.314. The van der Waals surface area contributed by atoms with Gasteiger partial charge >= 0.3 is 0 Å². The van der Waals surface area contributed by atoms with Gasteiger partial charge in [0, 0.05) is 11.3 Å². The molecule has 1 heterocycles. The van der Waals surface area contributed by atoms with Crippen LogP contribution in [0.3, 0.4) is 0 Å². The maximum atomic E-state index is 12.1. The number of nitrogens with one attached hydrogen (secondary N) is 2. The van der Waals surface area contributed by atoms with E-state index in [1.165, 1.54) is 7.11 Å². The Hall–Kier alpha value is -2.50. The molecule has 0 saturated heterocycles. The van der Waals surface area contributed by atoms with E-state index in [4.69, 9.17) is 10.5 Å². The average Bonchev–Trinajstić information content (AvgIpc) is 2.74. The summed E-state index contributed by atoms with van der Waals surface area (Å²) in [5.41, 5.74) is 7.32. The largest absolute Gasteiger partial charge is 0.496 e. The van der Waals surface area contributed by atoms with Crippen molar-refractivity contribution in [2.75, 3.05) is 18.2 Å². The molecule has 0 radical (unpaired) electrons. The number of hydrogen-bond acceptors (Lipinski definition) is 4. The van der Waals surface area contributed by atoms with Crippen LogP contribution in [0.4, 0.5) is 11.5 Å². The Labute approximate surface area is 104 Å². The van der Waals surface area contributed by atoms with Crippen molar-refractivity contribution in [3.05, 3.63) is 35.5 Å². The van der Waals surface area contributed by atoms with Crippen LogP contribution >= 0.6 is 0 Å². The number of aryl methyl sites for hydroxylation is 1. The summed E-state index contributed by atoms with van der Waals surface area (Å²) in [4.78, 5) is 12.1. The average molecular weight is 246 g/mol. The van der Waals surface area contributed by atoms with E-state index in [1.807, 2.05) is 6.92 Å². The van der Waals surface area contributed by atoms with Crippen molar-refractivity contribution in [2.45, 2.75) is 6.92 Å². The van der Waals surface area contributed by atoms with Gasteiger partial charge in [-0.05, 0) is 19.1 Å². The Kier molecular flexibility index (Phi) is 3.18. The molecule has 0 fully saturated rings. The van der Waals surface area contributed by atoms with Gasteiger partial charge in [0.2, 0.25) is 0 Å². The van der Waals surface area contributed by atoms with Crippen molar-refractivity contribution in [1.82, 2.24) is 10.2 Å². The van der Waals surface area contributed by atoms with Crippen LogP contribution in [0, 0.1) is 6.92 Å². The fourth-order valence-corrected chi connectivity index (χ4v) is 1.61. The van der Waals surface area contributed by atoms with Crippen molar-refractivity contribution in [3.8, 4) is 5.75 Å². The summed E-state index contributed by atoms with van der Waals surface area (Å²) in [5.74, 6) is 0.646. The van der Waals surface area contributed by atoms with Gasteiger partial charge in [0.1, 0.15) is 17.1 Å². The lowest BCUT2D eigenvalue weighted by atomic mass is 10.1. The summed E-state index contributed by atoms with van der Waals surface area (Å²) >= 11 is 0. The van der Waals surface area contributed by atoms with Crippen LogP contribution < -0.4 is 15.8 Å². The third-order valence-electron chi connectivity index (χ3n) is 2.57. The first-order valence-electron chi connectivity index (χ1n) is 5.37. The second-order valence-corrected chi connectivity index (χ2v) is 3.81. The van der Waals surface area contributed by atoms with Crippen molar-refractivity contribution in [1.29, 1.82) is 0 Å². The maximum Gasteiger partial charge on any atom is 0.262 e. The lowest BCUT2D eigenvalue weighted by Gasteiger charge is -2.10. The van der Waals surface area contributed by atoms with E-state index in [0.717, 1.165) is 5.56 Å². The molecule has 0 saturated carbocycles. The molecule has 0 atom stereocenters. The van der Waals surface area contributed by atoms with E-state index >= 15 is 0 Å². The number of nitrogen functional groups attached to an aromatic ring is 1. The van der Waals surface area contributed by atoms with Gasteiger partial charge in [-0.15, -0.1) is 0 Å². The lowest BCUT2D eigenvalue weighted by molar-refractivity contribution is 0.102. The Balaban J connectivity index is 2.32. The number of hydrogen-bond donors (Lipinski definition) is 3. The van der Waals surface area contributed by atoms with Crippen LogP contribution in [0.5, 0.6) is 5.75 Å². The number of nitrogens with two attached hydrogens (primary N) is 1. The highest BCUT2D eigenvalue weighted by molar-refractivity contribution is 6.09. The second-order valence-electron chi connectivity index (χ2n) is 3.81. The lowest BCUT2D eigenvalue weighted by Crippen LogP contribution is -2.16. The first-order valence-corrected chi connectivity index (χ1v) is 5.37. The molecule has 0 bridgehead atoms. The molecule has 0 aliphatic carbocycles. The van der Waals surface area contributed by atoms with Crippen molar-refractivity contribution < 1.29 is 9.53 Å². The second kappa shape index (κ2) is 4.79. The first kappa shape index (κ1) is 12.0. The molecule has 6 heteroatoms. The van der Waals surface area contributed by atoms with E-state index in [9.17, 15) is 4.79 Å². The number of ether oxygens (including phenoxy) is 1. The molecule has 0 unspecified atom stereocenters. The van der Waals surface area contributed by atoms with Crippen LogP contribution in [0.1, 0.15) is 15.9 Å². The molecular formula is C12H14N4O2. The number of H-pyrrole nitrogens is 1. The fourth-order valence-electron chi connectivity index (χ4n) is 1.61. The Morgan fingerprint density at radius 3 is 2.89 bits per heavy atom. The molecule has 0 aliphatic heterocycles. The quantitative estimate of drug-likeness (QED) is 0.716. The van der Waals surface area contributed by atoms with Crippen LogP contribution in [-0.2, 0) is 0 Å². The van der Waals surface area contributed by atoms with Crippen LogP contribution in [0.2, 0.25) is 0 Å². The molecule has 0 aliphatic rings. The smallest absolute Gasteiger partial charge is 0.262 e. The predicted octanol–water partition coefficient (Wildman–Crippen LogP) is 1.56. The third kappa shape index (κ3) is 2.13. The normalized spacial score (nSPS) is 10.1.